The molecule has 3 amide bonds. The molecule has 19 heteroatoms. The van der Waals surface area contributed by atoms with Gasteiger partial charge in [0, 0.05) is 16.9 Å². The number of hydrogen-bond acceptors (Lipinski definition) is 14. The number of phenolic OH excluding ortho intramolecular Hbond substituents is 1. The number of phenols is 1. The van der Waals surface area contributed by atoms with Crippen LogP contribution in [0.15, 0.2) is 54.3 Å². The summed E-state index contributed by atoms with van der Waals surface area (Å²) in [7, 11) is 0. The lowest BCUT2D eigenvalue weighted by Gasteiger charge is -2.49. The summed E-state index contributed by atoms with van der Waals surface area (Å²) < 4.78 is 1.18. The van der Waals surface area contributed by atoms with E-state index in [1.54, 1.807) is 17.6 Å². The van der Waals surface area contributed by atoms with E-state index in [9.17, 15) is 29.4 Å². The highest BCUT2D eigenvalue weighted by molar-refractivity contribution is 9.10. The number of carbonyl (C=O) groups excluding carboxylic acids is 3. The molecule has 0 saturated carbocycles. The molecule has 4 heterocycles. The molecule has 2 aromatic heterocycles. The molecule has 5 rings (SSSR count). The van der Waals surface area contributed by atoms with Crippen LogP contribution in [0, 0.1) is 0 Å². The zero-order valence-corrected chi connectivity index (χ0v) is 25.8. The smallest absolute Gasteiger partial charge is 0.352 e. The maximum absolute atomic E-state index is 13.4. The minimum absolute atomic E-state index is 0.00288. The van der Waals surface area contributed by atoms with Gasteiger partial charge >= 0.3 is 5.97 Å². The first-order valence-corrected chi connectivity index (χ1v) is 16.3. The molecule has 1 fully saturated rings. The van der Waals surface area contributed by atoms with Crippen LogP contribution in [-0.2, 0) is 30.6 Å². The number of aromatic hydroxyl groups is 1. The molecule has 1 unspecified atom stereocenters. The molecular formula is C23H18BrN7O7S4. The van der Waals surface area contributed by atoms with Gasteiger partial charge in [0.15, 0.2) is 15.2 Å². The average molecular weight is 713 g/mol. The topological polar surface area (TPSA) is 196 Å². The molecule has 2 atom stereocenters. The maximum Gasteiger partial charge on any atom is 0.352 e. The molecule has 14 nitrogen and oxygen atoms in total. The van der Waals surface area contributed by atoms with Crippen molar-refractivity contribution in [2.24, 2.45) is 5.16 Å². The Morgan fingerprint density at radius 2 is 2.17 bits per heavy atom. The number of nitrogens with one attached hydrogen (secondary N) is 2. The Labute approximate surface area is 261 Å². The second-order valence-corrected chi connectivity index (χ2v) is 13.3. The normalized spacial score (nSPS) is 18.3. The number of benzene rings is 1. The van der Waals surface area contributed by atoms with Crippen molar-refractivity contribution in [2.45, 2.75) is 22.4 Å². The Balaban J connectivity index is 1.32. The number of fused-ring (bicyclic) bond motifs is 1. The first-order chi connectivity index (χ1) is 20.3. The lowest BCUT2D eigenvalue weighted by Crippen LogP contribution is -2.71. The number of oxime groups is 1. The van der Waals surface area contributed by atoms with E-state index in [0.717, 1.165) is 11.3 Å². The van der Waals surface area contributed by atoms with Crippen molar-refractivity contribution < 1.29 is 34.2 Å². The van der Waals surface area contributed by atoms with Gasteiger partial charge in [-0.2, -0.15) is 0 Å². The van der Waals surface area contributed by atoms with E-state index in [0.29, 0.717) is 37.9 Å². The van der Waals surface area contributed by atoms with E-state index in [1.165, 1.54) is 51.2 Å². The van der Waals surface area contributed by atoms with Crippen molar-refractivity contribution in [1.29, 1.82) is 0 Å². The van der Waals surface area contributed by atoms with Crippen LogP contribution in [0.25, 0.3) is 0 Å². The summed E-state index contributed by atoms with van der Waals surface area (Å²) in [5.74, 6) is -1.94. The summed E-state index contributed by atoms with van der Waals surface area (Å²) in [5, 5.41) is 37.5. The fourth-order valence-corrected chi connectivity index (χ4v) is 7.78. The molecule has 42 heavy (non-hydrogen) atoms. The van der Waals surface area contributed by atoms with Crippen LogP contribution >= 0.6 is 62.1 Å². The number of hydrogen-bond donors (Lipinski definition) is 4. The lowest BCUT2D eigenvalue weighted by molar-refractivity contribution is -0.150. The van der Waals surface area contributed by atoms with Crippen molar-refractivity contribution >= 4 is 97.2 Å². The Kier molecular flexibility index (Phi) is 9.41. The fraction of sp³-hybridized carbons (Fsp3) is 0.217. The lowest BCUT2D eigenvalue weighted by atomic mass is 10.0. The predicted octanol–water partition coefficient (Wildman–Crippen LogP) is 2.48. The largest absolute Gasteiger partial charge is 0.507 e. The molecule has 0 aliphatic carbocycles. The SMILES string of the molecule is O=CNc1nc(C(=NOCc2ccc(Br)c(O)c2)C(=O)NC2C(=O)N3C(C(=O)O)=C(CSc4nncs4)CS[C@@H]23)cs1. The average Bonchev–Trinajstić information content (AvgIpc) is 3.67. The maximum atomic E-state index is 13.4. The number of β-lactam (4-membered cyclic amide) rings is 1. The minimum Gasteiger partial charge on any atom is -0.507 e. The van der Waals surface area contributed by atoms with E-state index >= 15 is 0 Å². The van der Waals surface area contributed by atoms with Crippen LogP contribution in [0.1, 0.15) is 11.3 Å². The summed E-state index contributed by atoms with van der Waals surface area (Å²) in [6, 6.07) is 3.75. The minimum atomic E-state index is -1.24. The number of halogens is 1. The monoisotopic (exact) mass is 711 g/mol. The van der Waals surface area contributed by atoms with Gasteiger partial charge < -0.3 is 25.7 Å². The number of thioether (sulfide) groups is 2. The highest BCUT2D eigenvalue weighted by Crippen LogP contribution is 2.41. The predicted molar refractivity (Wildman–Crippen MR) is 159 cm³/mol. The molecule has 2 aliphatic rings. The highest BCUT2D eigenvalue weighted by atomic mass is 79.9. The first kappa shape index (κ1) is 30.0. The Morgan fingerprint density at radius 1 is 1.33 bits per heavy atom. The summed E-state index contributed by atoms with van der Waals surface area (Å²) in [6.07, 6.45) is 0.437. The molecule has 0 spiro atoms. The van der Waals surface area contributed by atoms with Crippen molar-refractivity contribution in [3.63, 3.8) is 0 Å². The summed E-state index contributed by atoms with van der Waals surface area (Å²) in [5.41, 5.74) is 2.42. The number of thiazole rings is 1. The van der Waals surface area contributed by atoms with Gasteiger partial charge in [0.2, 0.25) is 6.41 Å². The summed E-state index contributed by atoms with van der Waals surface area (Å²) in [6.45, 7) is -0.0968. The molecule has 0 radical (unpaired) electrons. The van der Waals surface area contributed by atoms with Gasteiger partial charge in [-0.1, -0.05) is 34.3 Å². The van der Waals surface area contributed by atoms with E-state index in [1.807, 2.05) is 0 Å². The number of carboxylic acid groups (broad SMARTS) is 1. The highest BCUT2D eigenvalue weighted by Gasteiger charge is 2.54. The number of nitrogens with zero attached hydrogens (tertiary/aromatic N) is 5. The zero-order valence-electron chi connectivity index (χ0n) is 20.9. The summed E-state index contributed by atoms with van der Waals surface area (Å²) in [4.78, 5) is 60.2. The van der Waals surface area contributed by atoms with Gasteiger partial charge in [0.25, 0.3) is 11.8 Å². The second kappa shape index (κ2) is 13.2. The molecular weight excluding hydrogens is 694 g/mol. The van der Waals surface area contributed by atoms with Gasteiger partial charge in [-0.25, -0.2) is 9.78 Å². The Bertz CT molecular complexity index is 1600. The van der Waals surface area contributed by atoms with Crippen LogP contribution in [0.3, 0.4) is 0 Å². The van der Waals surface area contributed by atoms with E-state index < -0.39 is 29.2 Å². The van der Waals surface area contributed by atoms with Gasteiger partial charge in [0.05, 0.1) is 4.47 Å². The van der Waals surface area contributed by atoms with Crippen molar-refractivity contribution in [3.8, 4) is 5.75 Å². The van der Waals surface area contributed by atoms with Gasteiger partial charge in [-0.05, 0) is 39.2 Å². The fourth-order valence-electron chi connectivity index (χ4n) is 3.90. The molecule has 4 N–H and O–H groups in total. The number of rotatable bonds is 12. The van der Waals surface area contributed by atoms with E-state index in [2.05, 4.69) is 46.9 Å². The van der Waals surface area contributed by atoms with Crippen LogP contribution in [0.2, 0.25) is 0 Å². The molecule has 3 aromatic rings. The Hall–Kier alpha value is -3.52. The van der Waals surface area contributed by atoms with Crippen LogP contribution in [0.4, 0.5) is 5.13 Å². The molecule has 1 saturated heterocycles. The van der Waals surface area contributed by atoms with E-state index in [4.69, 9.17) is 4.84 Å². The third kappa shape index (κ3) is 6.43. The van der Waals surface area contributed by atoms with Crippen LogP contribution in [0.5, 0.6) is 5.75 Å². The van der Waals surface area contributed by atoms with Crippen molar-refractivity contribution in [3.05, 3.63) is 56.1 Å². The van der Waals surface area contributed by atoms with Crippen molar-refractivity contribution in [1.82, 2.24) is 25.4 Å². The van der Waals surface area contributed by atoms with Crippen molar-refractivity contribution in [2.75, 3.05) is 16.8 Å². The standard InChI is InChI=1S/C23H18BrN7O7S4/c24-12-2-1-10(3-14(12)33)4-38-30-15(13-7-40-22(27-13)25-8-32)18(34)28-16-19(35)31-17(21(36)37)11(5-39-20(16)31)6-41-23-29-26-9-42-23/h1-3,7-9,16,20,33H,4-6H2,(H,28,34)(H,36,37)(H,25,27,32)/t16?,20-/m0/s1. The molecule has 1 aromatic carbocycles. The number of anilines is 1. The molecule has 218 valence electrons. The van der Waals surface area contributed by atoms with E-state index in [-0.39, 0.29) is 34.6 Å². The number of aromatic nitrogens is 3. The third-order valence-corrected chi connectivity index (χ3v) is 10.5. The van der Waals surface area contributed by atoms with Crippen LogP contribution < -0.4 is 10.6 Å². The second-order valence-electron chi connectivity index (χ2n) is 8.41. The Morgan fingerprint density at radius 3 is 2.88 bits per heavy atom. The third-order valence-electron chi connectivity index (χ3n) is 5.79. The molecule has 0 bridgehead atoms. The van der Waals surface area contributed by atoms with Gasteiger partial charge in [0.1, 0.15) is 40.7 Å². The number of amides is 3. The molecule has 2 aliphatic heterocycles. The van der Waals surface area contributed by atoms with Crippen LogP contribution in [-0.4, -0.2) is 83.1 Å². The number of carbonyl (C=O) groups is 4. The number of aliphatic carboxylic acids is 1. The number of carboxylic acids is 1. The van der Waals surface area contributed by atoms with Gasteiger partial charge in [-0.15, -0.1) is 33.3 Å². The summed E-state index contributed by atoms with van der Waals surface area (Å²) >= 11 is 8.24. The zero-order chi connectivity index (χ0) is 29.8. The first-order valence-electron chi connectivity index (χ1n) is 11.7. The quantitative estimate of drug-likeness (QED) is 0.0706. The van der Waals surface area contributed by atoms with Gasteiger partial charge in [-0.3, -0.25) is 19.3 Å².